The Labute approximate surface area is 181 Å². The summed E-state index contributed by atoms with van der Waals surface area (Å²) in [4.78, 5) is 26.2. The van der Waals surface area contributed by atoms with Gasteiger partial charge in [0.05, 0.1) is 16.6 Å². The number of nitrogens with one attached hydrogen (secondary N) is 1. The molecule has 2 atom stereocenters. The summed E-state index contributed by atoms with van der Waals surface area (Å²) >= 11 is 0. The molecule has 0 bridgehead atoms. The maximum absolute atomic E-state index is 15.7. The Morgan fingerprint density at radius 2 is 2.09 bits per heavy atom. The first-order valence-electron chi connectivity index (χ1n) is 10.5. The molecule has 8 nitrogen and oxygen atoms in total. The molecular formula is C21H25F3N4O4. The molecule has 1 aromatic carbocycles. The number of fused-ring (bicyclic) bond motifs is 1. The summed E-state index contributed by atoms with van der Waals surface area (Å²) in [6.45, 7) is 1.32. The average molecular weight is 454 g/mol. The number of halogens is 3. The number of benzene rings is 1. The van der Waals surface area contributed by atoms with Crippen LogP contribution in [0.3, 0.4) is 0 Å². The number of nitrogen functional groups attached to an aromatic ring is 1. The largest absolute Gasteiger partial charge is 0.477 e. The van der Waals surface area contributed by atoms with Gasteiger partial charge in [-0.3, -0.25) is 4.79 Å². The van der Waals surface area contributed by atoms with E-state index in [4.69, 9.17) is 10.5 Å². The van der Waals surface area contributed by atoms with E-state index < -0.39 is 46.2 Å². The fraction of sp³-hybridized carbons (Fsp3) is 0.524. The van der Waals surface area contributed by atoms with Crippen molar-refractivity contribution in [2.24, 2.45) is 0 Å². The second-order valence-corrected chi connectivity index (χ2v) is 8.23. The lowest BCUT2D eigenvalue weighted by Crippen LogP contribution is -2.57. The highest BCUT2D eigenvalue weighted by Crippen LogP contribution is 2.47. The molecule has 2 unspecified atom stereocenters. The Balaban J connectivity index is 2.13. The fourth-order valence-corrected chi connectivity index (χ4v) is 4.65. The second-order valence-electron chi connectivity index (χ2n) is 8.23. The standard InChI is InChI=1S/C21H25F3N4O4/c1-3-12-9(2)26-6-7-27(12)17-14(22)15(25)13-16(19(17)32-21(23)24)28(10-4-5-10)8-11(18(13)29)20(30)31/h8-10,12,21,26H,3-7,25H2,1-2H3,(H,30,31). The monoisotopic (exact) mass is 454 g/mol. The highest BCUT2D eigenvalue weighted by atomic mass is 19.3. The minimum absolute atomic E-state index is 0.0653. The topological polar surface area (TPSA) is 110 Å². The number of carboxylic acid groups (broad SMARTS) is 1. The summed E-state index contributed by atoms with van der Waals surface area (Å²) in [6.07, 6.45) is 3.01. The first-order valence-corrected chi connectivity index (χ1v) is 10.5. The van der Waals surface area contributed by atoms with Crippen LogP contribution >= 0.6 is 0 Å². The number of pyridine rings is 1. The predicted molar refractivity (Wildman–Crippen MR) is 113 cm³/mol. The van der Waals surface area contributed by atoms with Crippen LogP contribution in [0.2, 0.25) is 0 Å². The lowest BCUT2D eigenvalue weighted by Gasteiger charge is -2.42. The zero-order valence-corrected chi connectivity index (χ0v) is 17.7. The van der Waals surface area contributed by atoms with Gasteiger partial charge in [-0.1, -0.05) is 6.92 Å². The smallest absolute Gasteiger partial charge is 0.387 e. The molecule has 32 heavy (non-hydrogen) atoms. The number of aromatic nitrogens is 1. The van der Waals surface area contributed by atoms with Crippen LogP contribution < -0.4 is 26.1 Å². The molecule has 1 saturated carbocycles. The van der Waals surface area contributed by atoms with Gasteiger partial charge in [-0.25, -0.2) is 9.18 Å². The lowest BCUT2D eigenvalue weighted by atomic mass is 9.99. The van der Waals surface area contributed by atoms with E-state index in [1.807, 2.05) is 13.8 Å². The van der Waals surface area contributed by atoms with Gasteiger partial charge in [-0.2, -0.15) is 8.78 Å². The molecule has 1 aliphatic carbocycles. The van der Waals surface area contributed by atoms with Crippen molar-refractivity contribution in [1.82, 2.24) is 9.88 Å². The zero-order valence-electron chi connectivity index (χ0n) is 17.7. The lowest BCUT2D eigenvalue weighted by molar-refractivity contribution is -0.0489. The summed E-state index contributed by atoms with van der Waals surface area (Å²) in [6, 6.07) is -0.531. The highest BCUT2D eigenvalue weighted by Gasteiger charge is 2.37. The number of carbonyl (C=O) groups is 1. The Morgan fingerprint density at radius 3 is 2.66 bits per heavy atom. The maximum atomic E-state index is 15.7. The minimum Gasteiger partial charge on any atom is -0.477 e. The first kappa shape index (κ1) is 22.3. The summed E-state index contributed by atoms with van der Waals surface area (Å²) in [7, 11) is 0. The number of hydrogen-bond acceptors (Lipinski definition) is 6. The quantitative estimate of drug-likeness (QED) is 0.576. The van der Waals surface area contributed by atoms with Crippen LogP contribution in [0.15, 0.2) is 11.0 Å². The van der Waals surface area contributed by atoms with Gasteiger partial charge < -0.3 is 30.4 Å². The van der Waals surface area contributed by atoms with E-state index in [1.54, 1.807) is 4.90 Å². The molecule has 174 valence electrons. The second kappa shape index (κ2) is 8.19. The van der Waals surface area contributed by atoms with Crippen LogP contribution in [0.1, 0.15) is 49.5 Å². The molecule has 2 aromatic rings. The first-order chi connectivity index (χ1) is 15.2. The summed E-state index contributed by atoms with van der Waals surface area (Å²) in [5.41, 5.74) is 3.50. The fourth-order valence-electron chi connectivity index (χ4n) is 4.65. The zero-order chi connectivity index (χ0) is 23.3. The van der Waals surface area contributed by atoms with Crippen molar-refractivity contribution < 1.29 is 27.8 Å². The van der Waals surface area contributed by atoms with Gasteiger partial charge >= 0.3 is 12.6 Å². The van der Waals surface area contributed by atoms with Crippen molar-refractivity contribution in [2.45, 2.75) is 57.8 Å². The van der Waals surface area contributed by atoms with Crippen LogP contribution in [0, 0.1) is 5.82 Å². The summed E-state index contributed by atoms with van der Waals surface area (Å²) in [5, 5.41) is 12.3. The van der Waals surface area contributed by atoms with Crippen LogP contribution in [0.25, 0.3) is 10.9 Å². The van der Waals surface area contributed by atoms with Crippen LogP contribution in [-0.4, -0.2) is 47.4 Å². The van der Waals surface area contributed by atoms with E-state index in [-0.39, 0.29) is 29.3 Å². The van der Waals surface area contributed by atoms with Crippen LogP contribution in [0.5, 0.6) is 5.75 Å². The van der Waals surface area contributed by atoms with Crippen molar-refractivity contribution in [3.8, 4) is 5.75 Å². The molecule has 1 aromatic heterocycles. The number of anilines is 2. The number of rotatable bonds is 6. The molecule has 0 amide bonds. The van der Waals surface area contributed by atoms with Gasteiger partial charge in [-0.15, -0.1) is 0 Å². The Bertz CT molecular complexity index is 1130. The number of nitrogens with zero attached hydrogens (tertiary/aromatic N) is 2. The third kappa shape index (κ3) is 3.54. The van der Waals surface area contributed by atoms with Crippen molar-refractivity contribution >= 4 is 28.2 Å². The number of alkyl halides is 2. The predicted octanol–water partition coefficient (Wildman–Crippen LogP) is 2.93. The Kier molecular flexibility index (Phi) is 5.70. The molecule has 0 radical (unpaired) electrons. The number of nitrogens with two attached hydrogens (primary N) is 1. The molecule has 1 saturated heterocycles. The van der Waals surface area contributed by atoms with Gasteiger partial charge in [0.15, 0.2) is 11.6 Å². The third-order valence-electron chi connectivity index (χ3n) is 6.26. The van der Waals surface area contributed by atoms with E-state index in [0.717, 1.165) is 6.20 Å². The number of hydrogen-bond donors (Lipinski definition) is 3. The normalized spacial score (nSPS) is 21.4. The molecule has 4 N–H and O–H groups in total. The number of carboxylic acids is 1. The van der Waals surface area contributed by atoms with E-state index in [1.165, 1.54) is 4.57 Å². The molecule has 1 aliphatic heterocycles. The molecule has 4 rings (SSSR count). The van der Waals surface area contributed by atoms with Gasteiger partial charge in [0.1, 0.15) is 11.3 Å². The van der Waals surface area contributed by atoms with E-state index in [0.29, 0.717) is 32.4 Å². The highest BCUT2D eigenvalue weighted by molar-refractivity contribution is 6.03. The summed E-state index contributed by atoms with van der Waals surface area (Å²) in [5.74, 6) is -3.06. The number of aromatic carboxylic acids is 1. The Morgan fingerprint density at radius 1 is 1.41 bits per heavy atom. The molecule has 2 fully saturated rings. The average Bonchev–Trinajstić information content (AvgIpc) is 3.56. The van der Waals surface area contributed by atoms with E-state index in [9.17, 15) is 23.5 Å². The number of piperazine rings is 1. The number of ether oxygens (including phenoxy) is 1. The third-order valence-corrected chi connectivity index (χ3v) is 6.26. The summed E-state index contributed by atoms with van der Waals surface area (Å²) < 4.78 is 49.1. The van der Waals surface area contributed by atoms with Gasteiger partial charge in [0.2, 0.25) is 5.43 Å². The Hall–Kier alpha value is -2.95. The SMILES string of the molecule is CCC1C(C)NCCN1c1c(F)c(N)c2c(=O)c(C(=O)O)cn(C3CC3)c2c1OC(F)F. The molecule has 11 heteroatoms. The van der Waals surface area contributed by atoms with Crippen molar-refractivity contribution in [3.05, 3.63) is 27.8 Å². The molecular weight excluding hydrogens is 429 g/mol. The van der Waals surface area contributed by atoms with Crippen molar-refractivity contribution in [2.75, 3.05) is 23.7 Å². The molecule has 0 spiro atoms. The minimum atomic E-state index is -3.29. The van der Waals surface area contributed by atoms with E-state index in [2.05, 4.69) is 5.32 Å². The van der Waals surface area contributed by atoms with E-state index >= 15 is 4.39 Å². The van der Waals surface area contributed by atoms with Crippen LogP contribution in [0.4, 0.5) is 24.5 Å². The molecule has 2 aliphatic rings. The molecule has 2 heterocycles. The van der Waals surface area contributed by atoms with Crippen molar-refractivity contribution in [1.29, 1.82) is 0 Å². The van der Waals surface area contributed by atoms with Gasteiger partial charge in [0.25, 0.3) is 0 Å². The van der Waals surface area contributed by atoms with Crippen LogP contribution in [-0.2, 0) is 0 Å². The van der Waals surface area contributed by atoms with Gasteiger partial charge in [-0.05, 0) is 26.2 Å². The van der Waals surface area contributed by atoms with Gasteiger partial charge in [0, 0.05) is 37.4 Å². The maximum Gasteiger partial charge on any atom is 0.387 e. The van der Waals surface area contributed by atoms with Crippen molar-refractivity contribution in [3.63, 3.8) is 0 Å².